The van der Waals surface area contributed by atoms with Crippen LogP contribution >= 0.6 is 0 Å². The first kappa shape index (κ1) is 22.7. The van der Waals surface area contributed by atoms with Gasteiger partial charge in [0.25, 0.3) is 0 Å². The molecule has 30 heavy (non-hydrogen) atoms. The molecule has 2 atom stereocenters. The zero-order chi connectivity index (χ0) is 22.1. The summed E-state index contributed by atoms with van der Waals surface area (Å²) in [5.74, 6) is 1.43. The lowest BCUT2D eigenvalue weighted by Crippen LogP contribution is -2.45. The maximum Gasteiger partial charge on any atom is 0.311 e. The first-order chi connectivity index (χ1) is 14.0. The van der Waals surface area contributed by atoms with Crippen LogP contribution in [0.15, 0.2) is 23.8 Å². The molecule has 0 aromatic heterocycles. The number of phenols is 1. The lowest BCUT2D eigenvalue weighted by Gasteiger charge is -2.47. The topological polar surface area (TPSA) is 55.8 Å². The molecule has 0 fully saturated rings. The van der Waals surface area contributed by atoms with Gasteiger partial charge in [0, 0.05) is 17.4 Å². The SMILES string of the molecule is CCCCCc1cc(O)c2c(c1)OC(C)(C)[C@@H]1CC=C(COC(=O)C(C)(C)C)C[C@@H]21. The van der Waals surface area contributed by atoms with E-state index in [2.05, 4.69) is 32.9 Å². The van der Waals surface area contributed by atoms with Gasteiger partial charge in [0.1, 0.15) is 23.7 Å². The molecule has 0 unspecified atom stereocenters. The Morgan fingerprint density at radius 3 is 2.67 bits per heavy atom. The van der Waals surface area contributed by atoms with Crippen LogP contribution in [0.3, 0.4) is 0 Å². The second kappa shape index (κ2) is 8.64. The lowest BCUT2D eigenvalue weighted by atomic mass is 9.67. The number of hydrogen-bond donors (Lipinski definition) is 1. The van der Waals surface area contributed by atoms with Crippen molar-refractivity contribution in [3.63, 3.8) is 0 Å². The van der Waals surface area contributed by atoms with E-state index in [-0.39, 0.29) is 23.4 Å². The molecule has 0 bridgehead atoms. The number of esters is 1. The zero-order valence-electron chi connectivity index (χ0n) is 19.5. The minimum Gasteiger partial charge on any atom is -0.508 e. The van der Waals surface area contributed by atoms with Gasteiger partial charge in [-0.1, -0.05) is 25.8 Å². The Bertz CT molecular complexity index is 813. The first-order valence-electron chi connectivity index (χ1n) is 11.4. The number of aryl methyl sites for hydroxylation is 1. The molecule has 0 amide bonds. The normalized spacial score (nSPS) is 22.4. The smallest absolute Gasteiger partial charge is 0.311 e. The van der Waals surface area contributed by atoms with Gasteiger partial charge >= 0.3 is 5.97 Å². The molecule has 0 saturated heterocycles. The second-order valence-electron chi connectivity index (χ2n) is 10.5. The van der Waals surface area contributed by atoms with Crippen LogP contribution in [-0.4, -0.2) is 23.3 Å². The van der Waals surface area contributed by atoms with Gasteiger partial charge in [-0.15, -0.1) is 0 Å². The maximum absolute atomic E-state index is 12.2. The Kier molecular flexibility index (Phi) is 6.54. The van der Waals surface area contributed by atoms with Crippen LogP contribution in [0.25, 0.3) is 0 Å². The number of hydrogen-bond acceptors (Lipinski definition) is 4. The third kappa shape index (κ3) is 4.84. The highest BCUT2D eigenvalue weighted by atomic mass is 16.5. The van der Waals surface area contributed by atoms with E-state index >= 15 is 0 Å². The van der Waals surface area contributed by atoms with Crippen LogP contribution in [-0.2, 0) is 16.0 Å². The Hall–Kier alpha value is -1.97. The van der Waals surface area contributed by atoms with Crippen molar-refractivity contribution in [2.24, 2.45) is 11.3 Å². The van der Waals surface area contributed by atoms with Crippen molar-refractivity contribution in [1.82, 2.24) is 0 Å². The quantitative estimate of drug-likeness (QED) is 0.337. The molecule has 4 nitrogen and oxygen atoms in total. The first-order valence-corrected chi connectivity index (χ1v) is 11.4. The molecular formula is C26H38O4. The van der Waals surface area contributed by atoms with Gasteiger partial charge < -0.3 is 14.6 Å². The third-order valence-electron chi connectivity index (χ3n) is 6.52. The van der Waals surface area contributed by atoms with Crippen molar-refractivity contribution in [3.8, 4) is 11.5 Å². The van der Waals surface area contributed by atoms with E-state index in [4.69, 9.17) is 9.47 Å². The molecule has 0 saturated carbocycles. The minimum absolute atomic E-state index is 0.168. The minimum atomic E-state index is -0.503. The Labute approximate surface area is 181 Å². The van der Waals surface area contributed by atoms with Gasteiger partial charge in [0.2, 0.25) is 0 Å². The molecule has 1 heterocycles. The molecule has 1 aliphatic carbocycles. The van der Waals surface area contributed by atoms with Crippen molar-refractivity contribution in [3.05, 3.63) is 34.9 Å². The molecule has 1 aromatic rings. The fourth-order valence-corrected chi connectivity index (χ4v) is 4.74. The molecule has 4 heteroatoms. The molecule has 0 spiro atoms. The summed E-state index contributed by atoms with van der Waals surface area (Å²) >= 11 is 0. The average molecular weight is 415 g/mol. The fourth-order valence-electron chi connectivity index (χ4n) is 4.74. The van der Waals surface area contributed by atoms with E-state index in [0.717, 1.165) is 48.1 Å². The highest BCUT2D eigenvalue weighted by molar-refractivity contribution is 5.75. The molecule has 1 N–H and O–H groups in total. The van der Waals surface area contributed by atoms with E-state index in [9.17, 15) is 9.90 Å². The summed E-state index contributed by atoms with van der Waals surface area (Å²) in [6.45, 7) is 12.4. The predicted octanol–water partition coefficient (Wildman–Crippen LogP) is 6.31. The molecule has 3 rings (SSSR count). The number of phenolic OH excluding ortho intramolecular Hbond substituents is 1. The van der Waals surface area contributed by atoms with Crippen LogP contribution in [0.5, 0.6) is 11.5 Å². The zero-order valence-corrected chi connectivity index (χ0v) is 19.5. The molecule has 0 radical (unpaired) electrons. The molecule has 166 valence electrons. The van der Waals surface area contributed by atoms with Gasteiger partial charge in [-0.2, -0.15) is 0 Å². The lowest BCUT2D eigenvalue weighted by molar-refractivity contribution is -0.152. The standard InChI is InChI=1S/C26H38O4/c1-7-8-9-10-17-14-21(27)23-19-13-18(16-29-24(28)25(2,3)4)11-12-20(19)26(5,6)30-22(23)15-17/h11,14-15,19-20,27H,7-10,12-13,16H2,1-6H3/t19-,20-/m1/s1. The van der Waals surface area contributed by atoms with E-state index in [1.807, 2.05) is 26.8 Å². The summed E-state index contributed by atoms with van der Waals surface area (Å²) in [6.07, 6.45) is 8.29. The summed E-state index contributed by atoms with van der Waals surface area (Å²) in [4.78, 5) is 12.2. The molecule has 2 aliphatic rings. The van der Waals surface area contributed by atoms with Crippen molar-refractivity contribution in [1.29, 1.82) is 0 Å². The number of benzene rings is 1. The monoisotopic (exact) mass is 414 g/mol. The molecular weight excluding hydrogens is 376 g/mol. The number of carbonyl (C=O) groups is 1. The van der Waals surface area contributed by atoms with Crippen molar-refractivity contribution >= 4 is 5.97 Å². The van der Waals surface area contributed by atoms with E-state index in [1.54, 1.807) is 0 Å². The predicted molar refractivity (Wildman–Crippen MR) is 120 cm³/mol. The number of aromatic hydroxyl groups is 1. The van der Waals surface area contributed by atoms with E-state index in [0.29, 0.717) is 12.4 Å². The van der Waals surface area contributed by atoms with E-state index < -0.39 is 5.41 Å². The molecule has 1 aliphatic heterocycles. The number of ether oxygens (including phenoxy) is 2. The number of rotatable bonds is 6. The average Bonchev–Trinajstić information content (AvgIpc) is 2.64. The van der Waals surface area contributed by atoms with E-state index in [1.165, 1.54) is 12.8 Å². The third-order valence-corrected chi connectivity index (χ3v) is 6.52. The van der Waals surface area contributed by atoms with Gasteiger partial charge in [-0.25, -0.2) is 0 Å². The largest absolute Gasteiger partial charge is 0.508 e. The number of carbonyl (C=O) groups excluding carboxylic acids is 1. The summed E-state index contributed by atoms with van der Waals surface area (Å²) in [6, 6.07) is 4.05. The fraction of sp³-hybridized carbons (Fsp3) is 0.654. The number of allylic oxidation sites excluding steroid dienone is 1. The van der Waals surface area contributed by atoms with Crippen LogP contribution in [0.4, 0.5) is 0 Å². The molecule has 1 aromatic carbocycles. The van der Waals surface area contributed by atoms with Gasteiger partial charge in [-0.05, 0) is 83.6 Å². The van der Waals surface area contributed by atoms with Crippen LogP contribution in [0.2, 0.25) is 0 Å². The van der Waals surface area contributed by atoms with Gasteiger partial charge in [-0.3, -0.25) is 4.79 Å². The Morgan fingerprint density at radius 2 is 2.00 bits per heavy atom. The van der Waals surface area contributed by atoms with Gasteiger partial charge in [0.15, 0.2) is 0 Å². The van der Waals surface area contributed by atoms with Gasteiger partial charge in [0.05, 0.1) is 5.41 Å². The summed E-state index contributed by atoms with van der Waals surface area (Å²) in [5, 5.41) is 10.9. The number of unbranched alkanes of at least 4 members (excludes halogenated alkanes) is 2. The van der Waals surface area contributed by atoms with Crippen molar-refractivity contribution < 1.29 is 19.4 Å². The number of fused-ring (bicyclic) bond motifs is 3. The van der Waals surface area contributed by atoms with Crippen LogP contribution in [0, 0.1) is 11.3 Å². The van der Waals surface area contributed by atoms with Crippen LogP contribution in [0.1, 0.15) is 90.7 Å². The summed E-state index contributed by atoms with van der Waals surface area (Å²) < 4.78 is 12.0. The van der Waals surface area contributed by atoms with Crippen molar-refractivity contribution in [2.75, 3.05) is 6.61 Å². The highest BCUT2D eigenvalue weighted by Crippen LogP contribution is 2.54. The maximum atomic E-state index is 12.2. The van der Waals surface area contributed by atoms with Crippen LogP contribution < -0.4 is 4.74 Å². The summed E-state index contributed by atoms with van der Waals surface area (Å²) in [5.41, 5.74) is 2.38. The Morgan fingerprint density at radius 1 is 1.27 bits per heavy atom. The summed E-state index contributed by atoms with van der Waals surface area (Å²) in [7, 11) is 0. The van der Waals surface area contributed by atoms with Crippen molar-refractivity contribution in [2.45, 2.75) is 91.6 Å². The Balaban J connectivity index is 1.83. The highest BCUT2D eigenvalue weighted by Gasteiger charge is 2.46. The second-order valence-corrected chi connectivity index (χ2v) is 10.5.